The summed E-state index contributed by atoms with van der Waals surface area (Å²) in [5, 5.41) is 13.2. The molecule has 0 spiro atoms. The average molecular weight is 399 g/mol. The number of likely N-dealkylation sites (N-methyl/N-ethyl adjacent to an activating group) is 1. The second-order valence-corrected chi connectivity index (χ2v) is 6.35. The molecule has 0 aliphatic carbocycles. The number of carbonyl (C=O) groups excluding carboxylic acids is 3. The average Bonchev–Trinajstić information content (AvgIpc) is 2.72. The molecule has 2 amide bonds. The number of carbonyl (C=O) groups is 3. The van der Waals surface area contributed by atoms with Crippen molar-refractivity contribution in [1.29, 1.82) is 0 Å². The second kappa shape index (κ2) is 9.98. The topological polar surface area (TPSA) is 119 Å². The molecule has 29 heavy (non-hydrogen) atoms. The second-order valence-electron chi connectivity index (χ2n) is 6.35. The highest BCUT2D eigenvalue weighted by Crippen LogP contribution is 2.13. The lowest BCUT2D eigenvalue weighted by molar-refractivity contribution is -0.384. The number of hydrogen-bond donors (Lipinski definition) is 1. The fraction of sp³-hybridized carbons (Fsp3) is 0.250. The molecule has 9 heteroatoms. The molecule has 0 aliphatic rings. The molecule has 0 fully saturated rings. The summed E-state index contributed by atoms with van der Waals surface area (Å²) in [5.74, 6) is -1.84. The number of nitrogens with zero attached hydrogens (tertiary/aromatic N) is 2. The first-order chi connectivity index (χ1) is 13.8. The van der Waals surface area contributed by atoms with Crippen molar-refractivity contribution in [1.82, 2.24) is 10.2 Å². The van der Waals surface area contributed by atoms with Crippen molar-refractivity contribution in [2.75, 3.05) is 13.7 Å². The molecule has 0 radical (unpaired) electrons. The van der Waals surface area contributed by atoms with Crippen LogP contribution < -0.4 is 5.32 Å². The summed E-state index contributed by atoms with van der Waals surface area (Å²) in [7, 11) is 1.59. The van der Waals surface area contributed by atoms with E-state index < -0.39 is 29.4 Å². The van der Waals surface area contributed by atoms with Gasteiger partial charge in [0.25, 0.3) is 17.5 Å². The number of nitro benzene ring substituents is 1. The number of ether oxygens (including phenoxy) is 1. The molecule has 2 rings (SSSR count). The molecule has 2 aromatic rings. The van der Waals surface area contributed by atoms with E-state index in [0.29, 0.717) is 6.54 Å². The molecule has 1 N–H and O–H groups in total. The van der Waals surface area contributed by atoms with Crippen molar-refractivity contribution in [2.45, 2.75) is 19.5 Å². The first-order valence-electron chi connectivity index (χ1n) is 8.77. The van der Waals surface area contributed by atoms with E-state index in [9.17, 15) is 24.5 Å². The fourth-order valence-corrected chi connectivity index (χ4v) is 2.41. The molecule has 1 atom stereocenters. The number of amides is 2. The van der Waals surface area contributed by atoms with Gasteiger partial charge in [-0.15, -0.1) is 0 Å². The Labute approximate surface area is 167 Å². The van der Waals surface area contributed by atoms with Gasteiger partial charge in [-0.05, 0) is 18.6 Å². The summed E-state index contributed by atoms with van der Waals surface area (Å²) in [6.07, 6.45) is 0. The Morgan fingerprint density at radius 1 is 1.14 bits per heavy atom. The summed E-state index contributed by atoms with van der Waals surface area (Å²) in [6, 6.07) is 13.4. The predicted molar refractivity (Wildman–Crippen MR) is 104 cm³/mol. The number of esters is 1. The maximum Gasteiger partial charge on any atom is 0.328 e. The molecule has 9 nitrogen and oxygen atoms in total. The molecule has 0 aliphatic heterocycles. The highest BCUT2D eigenvalue weighted by Gasteiger charge is 2.21. The third-order valence-corrected chi connectivity index (χ3v) is 4.05. The molecule has 0 saturated carbocycles. The number of hydrogen-bond acceptors (Lipinski definition) is 6. The van der Waals surface area contributed by atoms with E-state index in [2.05, 4.69) is 5.32 Å². The van der Waals surface area contributed by atoms with E-state index in [1.165, 1.54) is 30.0 Å². The molecule has 2 aromatic carbocycles. The number of nitrogens with one attached hydrogen (secondary N) is 1. The number of rotatable bonds is 8. The molecule has 0 unspecified atom stereocenters. The van der Waals surface area contributed by atoms with E-state index >= 15 is 0 Å². The van der Waals surface area contributed by atoms with Crippen LogP contribution >= 0.6 is 0 Å². The Kier molecular flexibility index (Phi) is 7.41. The summed E-state index contributed by atoms with van der Waals surface area (Å²) in [4.78, 5) is 47.9. The maximum atomic E-state index is 12.2. The standard InChI is InChI=1S/C20H21N3O6/c1-14(21-19(25)16-9-6-10-17(11-16)23(27)28)20(26)29-13-18(24)22(2)12-15-7-4-3-5-8-15/h3-11,14H,12-13H2,1-2H3,(H,21,25)/t14-/m0/s1. The quantitative estimate of drug-likeness (QED) is 0.411. The molecule has 0 heterocycles. The van der Waals surface area contributed by atoms with E-state index in [1.54, 1.807) is 7.05 Å². The van der Waals surface area contributed by atoms with Crippen molar-refractivity contribution in [3.05, 3.63) is 75.8 Å². The van der Waals surface area contributed by atoms with E-state index in [4.69, 9.17) is 4.74 Å². The monoisotopic (exact) mass is 399 g/mol. The van der Waals surface area contributed by atoms with Gasteiger partial charge >= 0.3 is 5.97 Å². The Morgan fingerprint density at radius 2 is 1.83 bits per heavy atom. The van der Waals surface area contributed by atoms with Crippen molar-refractivity contribution >= 4 is 23.5 Å². The van der Waals surface area contributed by atoms with Gasteiger partial charge in [-0.3, -0.25) is 19.7 Å². The van der Waals surface area contributed by atoms with Crippen molar-refractivity contribution in [3.8, 4) is 0 Å². The number of nitro groups is 1. The SMILES string of the molecule is C[C@H](NC(=O)c1cccc([N+](=O)[O-])c1)C(=O)OCC(=O)N(C)Cc1ccccc1. The maximum absolute atomic E-state index is 12.2. The smallest absolute Gasteiger partial charge is 0.328 e. The minimum absolute atomic E-state index is 0.0394. The third-order valence-electron chi connectivity index (χ3n) is 4.05. The minimum atomic E-state index is -1.03. The van der Waals surface area contributed by atoms with Crippen LogP contribution in [0.15, 0.2) is 54.6 Å². The zero-order chi connectivity index (χ0) is 21.4. The van der Waals surface area contributed by atoms with Crippen LogP contribution in [0.25, 0.3) is 0 Å². The molecule has 0 bridgehead atoms. The van der Waals surface area contributed by atoms with Gasteiger partial charge < -0.3 is 15.0 Å². The highest BCUT2D eigenvalue weighted by molar-refractivity contribution is 5.97. The predicted octanol–water partition coefficient (Wildman–Crippen LogP) is 1.91. The Hall–Kier alpha value is -3.75. The van der Waals surface area contributed by atoms with Crippen LogP contribution in [0.4, 0.5) is 5.69 Å². The molecule has 0 aromatic heterocycles. The molecular formula is C20H21N3O6. The summed E-state index contributed by atoms with van der Waals surface area (Å²) in [5.41, 5.74) is 0.740. The van der Waals surface area contributed by atoms with Crippen molar-refractivity contribution in [3.63, 3.8) is 0 Å². The zero-order valence-electron chi connectivity index (χ0n) is 16.0. The van der Waals surface area contributed by atoms with Crippen LogP contribution in [0.1, 0.15) is 22.8 Å². The van der Waals surface area contributed by atoms with Gasteiger partial charge in [0, 0.05) is 31.3 Å². The van der Waals surface area contributed by atoms with E-state index in [-0.39, 0.29) is 17.2 Å². The largest absolute Gasteiger partial charge is 0.454 e. The summed E-state index contributed by atoms with van der Waals surface area (Å²) in [6.45, 7) is 1.31. The lowest BCUT2D eigenvalue weighted by atomic mass is 10.2. The normalized spacial score (nSPS) is 11.2. The van der Waals surface area contributed by atoms with E-state index in [0.717, 1.165) is 11.6 Å². The van der Waals surface area contributed by atoms with Crippen molar-refractivity contribution < 1.29 is 24.0 Å². The van der Waals surface area contributed by atoms with Crippen LogP contribution in [0, 0.1) is 10.1 Å². The first-order valence-corrected chi connectivity index (χ1v) is 8.77. The number of non-ortho nitro benzene ring substituents is 1. The summed E-state index contributed by atoms with van der Waals surface area (Å²) >= 11 is 0. The van der Waals surface area contributed by atoms with Crippen LogP contribution in [-0.2, 0) is 20.9 Å². The lowest BCUT2D eigenvalue weighted by Gasteiger charge is -2.18. The van der Waals surface area contributed by atoms with Crippen LogP contribution in [0.3, 0.4) is 0 Å². The Bertz CT molecular complexity index is 900. The van der Waals surface area contributed by atoms with Crippen LogP contribution in [-0.4, -0.2) is 47.3 Å². The third kappa shape index (κ3) is 6.42. The van der Waals surface area contributed by atoms with Crippen molar-refractivity contribution in [2.24, 2.45) is 0 Å². The highest BCUT2D eigenvalue weighted by atomic mass is 16.6. The van der Waals surface area contributed by atoms with Gasteiger partial charge in [0.15, 0.2) is 6.61 Å². The van der Waals surface area contributed by atoms with E-state index in [1.807, 2.05) is 30.3 Å². The molecule has 0 saturated heterocycles. The van der Waals surface area contributed by atoms with Crippen LogP contribution in [0.5, 0.6) is 0 Å². The fourth-order valence-electron chi connectivity index (χ4n) is 2.41. The Balaban J connectivity index is 1.83. The first kappa shape index (κ1) is 21.5. The summed E-state index contributed by atoms with van der Waals surface area (Å²) < 4.78 is 4.97. The van der Waals surface area contributed by atoms with Gasteiger partial charge in [0.1, 0.15) is 6.04 Å². The molecular weight excluding hydrogens is 378 g/mol. The minimum Gasteiger partial charge on any atom is -0.454 e. The van der Waals surface area contributed by atoms with Gasteiger partial charge in [0.2, 0.25) is 0 Å². The Morgan fingerprint density at radius 3 is 2.48 bits per heavy atom. The van der Waals surface area contributed by atoms with Gasteiger partial charge in [-0.25, -0.2) is 4.79 Å². The van der Waals surface area contributed by atoms with Gasteiger partial charge in [-0.2, -0.15) is 0 Å². The van der Waals surface area contributed by atoms with Gasteiger partial charge in [0.05, 0.1) is 4.92 Å². The number of benzene rings is 2. The van der Waals surface area contributed by atoms with Gasteiger partial charge in [-0.1, -0.05) is 36.4 Å². The zero-order valence-corrected chi connectivity index (χ0v) is 16.0. The lowest BCUT2D eigenvalue weighted by Crippen LogP contribution is -2.41. The molecule has 152 valence electrons. The van der Waals surface area contributed by atoms with Crippen LogP contribution in [0.2, 0.25) is 0 Å².